The minimum atomic E-state index is 0.875. The van der Waals surface area contributed by atoms with Gasteiger partial charge in [-0.3, -0.25) is 0 Å². The van der Waals surface area contributed by atoms with Gasteiger partial charge < -0.3 is 5.73 Å². The number of anilines is 1. The van der Waals surface area contributed by atoms with Crippen LogP contribution in [0.1, 0.15) is 18.9 Å². The normalized spacial score (nSPS) is 10.6. The summed E-state index contributed by atoms with van der Waals surface area (Å²) in [6.45, 7) is 2.20. The van der Waals surface area contributed by atoms with Crippen LogP contribution in [0.15, 0.2) is 36.4 Å². The minimum absolute atomic E-state index is 0.875. The number of hydrogen-bond acceptors (Lipinski definition) is 1. The van der Waals surface area contributed by atoms with Gasteiger partial charge in [0.05, 0.1) is 0 Å². The number of aryl methyl sites for hydroxylation is 1. The Morgan fingerprint density at radius 1 is 1.00 bits per heavy atom. The summed E-state index contributed by atoms with van der Waals surface area (Å²) < 4.78 is 0. The number of benzene rings is 2. The van der Waals surface area contributed by atoms with E-state index in [-0.39, 0.29) is 0 Å². The fraction of sp³-hybridized carbons (Fsp3) is 0.231. The van der Waals surface area contributed by atoms with Crippen molar-refractivity contribution in [3.8, 4) is 0 Å². The molecule has 0 saturated heterocycles. The van der Waals surface area contributed by atoms with Crippen LogP contribution in [0.25, 0.3) is 10.8 Å². The molecule has 2 aromatic rings. The first-order chi connectivity index (χ1) is 6.83. The van der Waals surface area contributed by atoms with Gasteiger partial charge in [-0.1, -0.05) is 43.7 Å². The number of nitrogen functional groups attached to an aromatic ring is 1. The molecule has 1 heteroatoms. The third-order valence-corrected chi connectivity index (χ3v) is 2.57. The van der Waals surface area contributed by atoms with Gasteiger partial charge in [-0.05, 0) is 23.4 Å². The van der Waals surface area contributed by atoms with E-state index in [0.717, 1.165) is 12.1 Å². The smallest absolute Gasteiger partial charge is 0.0393 e. The summed E-state index contributed by atoms with van der Waals surface area (Å²) in [5, 5.41) is 2.48. The van der Waals surface area contributed by atoms with Crippen molar-refractivity contribution >= 4 is 16.5 Å². The van der Waals surface area contributed by atoms with Gasteiger partial charge in [0.2, 0.25) is 0 Å². The lowest BCUT2D eigenvalue weighted by Gasteiger charge is -2.06. The van der Waals surface area contributed by atoms with Crippen LogP contribution in [0.4, 0.5) is 5.69 Å². The molecule has 14 heavy (non-hydrogen) atoms. The molecule has 0 unspecified atom stereocenters. The van der Waals surface area contributed by atoms with E-state index in [1.54, 1.807) is 0 Å². The van der Waals surface area contributed by atoms with E-state index in [4.69, 9.17) is 5.73 Å². The van der Waals surface area contributed by atoms with Gasteiger partial charge >= 0.3 is 0 Å². The van der Waals surface area contributed by atoms with Crippen LogP contribution < -0.4 is 5.73 Å². The Morgan fingerprint density at radius 2 is 1.71 bits per heavy atom. The number of rotatable bonds is 2. The van der Waals surface area contributed by atoms with Gasteiger partial charge in [0, 0.05) is 11.1 Å². The Hall–Kier alpha value is -1.50. The second kappa shape index (κ2) is 3.70. The molecule has 72 valence electrons. The fourth-order valence-corrected chi connectivity index (χ4v) is 1.89. The first kappa shape index (κ1) is 9.07. The Kier molecular flexibility index (Phi) is 2.40. The zero-order chi connectivity index (χ0) is 9.97. The lowest BCUT2D eigenvalue weighted by Crippen LogP contribution is -1.90. The minimum Gasteiger partial charge on any atom is -0.398 e. The summed E-state index contributed by atoms with van der Waals surface area (Å²) in [6, 6.07) is 12.5. The second-order valence-electron chi connectivity index (χ2n) is 3.61. The van der Waals surface area contributed by atoms with Crippen molar-refractivity contribution in [1.29, 1.82) is 0 Å². The second-order valence-corrected chi connectivity index (χ2v) is 3.61. The highest BCUT2D eigenvalue weighted by molar-refractivity contribution is 5.94. The standard InChI is InChI=1S/C13H15N/c1-2-5-10-6-3-8-12-11(10)7-4-9-13(12)14/h3-4,6-9H,2,5,14H2,1H3. The van der Waals surface area contributed by atoms with E-state index in [1.807, 2.05) is 12.1 Å². The van der Waals surface area contributed by atoms with Gasteiger partial charge in [-0.15, -0.1) is 0 Å². The van der Waals surface area contributed by atoms with E-state index in [1.165, 1.54) is 22.8 Å². The Labute approximate surface area is 84.5 Å². The highest BCUT2D eigenvalue weighted by Crippen LogP contribution is 2.24. The summed E-state index contributed by atoms with van der Waals surface area (Å²) in [7, 11) is 0. The quantitative estimate of drug-likeness (QED) is 0.713. The van der Waals surface area contributed by atoms with E-state index < -0.39 is 0 Å². The lowest BCUT2D eigenvalue weighted by atomic mass is 10.0. The number of nitrogens with two attached hydrogens (primary N) is 1. The van der Waals surface area contributed by atoms with Gasteiger partial charge in [0.25, 0.3) is 0 Å². The van der Waals surface area contributed by atoms with Gasteiger partial charge in [0.1, 0.15) is 0 Å². The molecule has 0 spiro atoms. The van der Waals surface area contributed by atoms with Crippen LogP contribution in [0.3, 0.4) is 0 Å². The highest BCUT2D eigenvalue weighted by Gasteiger charge is 2.01. The first-order valence-corrected chi connectivity index (χ1v) is 5.09. The van der Waals surface area contributed by atoms with Crippen LogP contribution in [0.5, 0.6) is 0 Å². The molecule has 0 fully saturated rings. The first-order valence-electron chi connectivity index (χ1n) is 5.09. The van der Waals surface area contributed by atoms with Crippen LogP contribution in [0, 0.1) is 0 Å². The van der Waals surface area contributed by atoms with Crippen LogP contribution in [0.2, 0.25) is 0 Å². The third-order valence-electron chi connectivity index (χ3n) is 2.57. The van der Waals surface area contributed by atoms with Crippen molar-refractivity contribution in [3.05, 3.63) is 42.0 Å². The molecule has 2 N–H and O–H groups in total. The predicted molar refractivity (Wildman–Crippen MR) is 62.4 cm³/mol. The van der Waals surface area contributed by atoms with Crippen molar-refractivity contribution in [3.63, 3.8) is 0 Å². The average Bonchev–Trinajstić information content (AvgIpc) is 2.20. The molecule has 0 aliphatic carbocycles. The number of hydrogen-bond donors (Lipinski definition) is 1. The third kappa shape index (κ3) is 1.46. The van der Waals surface area contributed by atoms with Gasteiger partial charge in [-0.2, -0.15) is 0 Å². The molecular formula is C13H15N. The van der Waals surface area contributed by atoms with E-state index in [2.05, 4.69) is 31.2 Å². The molecule has 0 atom stereocenters. The Balaban J connectivity index is 2.68. The SMILES string of the molecule is CCCc1cccc2c(N)cccc12. The zero-order valence-electron chi connectivity index (χ0n) is 8.46. The summed E-state index contributed by atoms with van der Waals surface area (Å²) in [5.41, 5.74) is 8.20. The predicted octanol–water partition coefficient (Wildman–Crippen LogP) is 3.37. The molecule has 2 rings (SSSR count). The highest BCUT2D eigenvalue weighted by atomic mass is 14.5. The molecular weight excluding hydrogens is 170 g/mol. The lowest BCUT2D eigenvalue weighted by molar-refractivity contribution is 0.930. The topological polar surface area (TPSA) is 26.0 Å². The monoisotopic (exact) mass is 185 g/mol. The van der Waals surface area contributed by atoms with E-state index in [0.29, 0.717) is 0 Å². The molecule has 0 saturated carbocycles. The summed E-state index contributed by atoms with van der Waals surface area (Å²) in [5.74, 6) is 0. The van der Waals surface area contributed by atoms with Crippen molar-refractivity contribution in [2.45, 2.75) is 19.8 Å². The Morgan fingerprint density at radius 3 is 2.50 bits per heavy atom. The van der Waals surface area contributed by atoms with E-state index in [9.17, 15) is 0 Å². The molecule has 0 heterocycles. The van der Waals surface area contributed by atoms with Crippen LogP contribution in [-0.4, -0.2) is 0 Å². The van der Waals surface area contributed by atoms with Crippen LogP contribution >= 0.6 is 0 Å². The van der Waals surface area contributed by atoms with Gasteiger partial charge in [-0.25, -0.2) is 0 Å². The van der Waals surface area contributed by atoms with Crippen molar-refractivity contribution < 1.29 is 0 Å². The molecule has 0 aromatic heterocycles. The molecule has 0 aliphatic rings. The molecule has 1 nitrogen and oxygen atoms in total. The summed E-state index contributed by atoms with van der Waals surface area (Å²) >= 11 is 0. The largest absolute Gasteiger partial charge is 0.398 e. The molecule has 0 aliphatic heterocycles. The van der Waals surface area contributed by atoms with Crippen molar-refractivity contribution in [2.24, 2.45) is 0 Å². The number of fused-ring (bicyclic) bond motifs is 1. The zero-order valence-corrected chi connectivity index (χ0v) is 8.46. The van der Waals surface area contributed by atoms with Crippen molar-refractivity contribution in [1.82, 2.24) is 0 Å². The molecule has 0 radical (unpaired) electrons. The average molecular weight is 185 g/mol. The maximum absolute atomic E-state index is 5.92. The Bertz CT molecular complexity index is 446. The van der Waals surface area contributed by atoms with Crippen LogP contribution in [-0.2, 0) is 6.42 Å². The maximum atomic E-state index is 5.92. The summed E-state index contributed by atoms with van der Waals surface area (Å²) in [4.78, 5) is 0. The maximum Gasteiger partial charge on any atom is 0.0393 e. The molecule has 2 aromatic carbocycles. The van der Waals surface area contributed by atoms with Crippen molar-refractivity contribution in [2.75, 3.05) is 5.73 Å². The van der Waals surface area contributed by atoms with Gasteiger partial charge in [0.15, 0.2) is 0 Å². The van der Waals surface area contributed by atoms with E-state index >= 15 is 0 Å². The summed E-state index contributed by atoms with van der Waals surface area (Å²) in [6.07, 6.45) is 2.30. The fourth-order valence-electron chi connectivity index (χ4n) is 1.89. The molecule has 0 amide bonds. The molecule has 0 bridgehead atoms.